The number of ether oxygens (including phenoxy) is 1. The standard InChI is InChI=1S/C11H18N6O2S/c1-6-3-17(4-7(2)19-6)8(18)5-20-11-15-9(12)14-10(13)16-11/h6-7H,3-5H2,1-2H3,(H4,12,13,14,15,16)/t6-,7-/m0/s1. The number of hydrogen-bond acceptors (Lipinski definition) is 8. The molecular formula is C11H18N6O2S. The summed E-state index contributed by atoms with van der Waals surface area (Å²) in [5, 5.41) is 0.359. The summed E-state index contributed by atoms with van der Waals surface area (Å²) in [4.78, 5) is 25.5. The van der Waals surface area contributed by atoms with E-state index in [9.17, 15) is 4.79 Å². The summed E-state index contributed by atoms with van der Waals surface area (Å²) in [7, 11) is 0. The molecule has 0 aromatic carbocycles. The summed E-state index contributed by atoms with van der Waals surface area (Å²) < 4.78 is 5.59. The number of carbonyl (C=O) groups excluding carboxylic acids is 1. The number of carbonyl (C=O) groups is 1. The number of nitrogens with zero attached hydrogens (tertiary/aromatic N) is 4. The molecule has 2 rings (SSSR count). The monoisotopic (exact) mass is 298 g/mol. The lowest BCUT2D eigenvalue weighted by Crippen LogP contribution is -2.48. The van der Waals surface area contributed by atoms with Crippen molar-refractivity contribution in [2.75, 3.05) is 30.3 Å². The van der Waals surface area contributed by atoms with Gasteiger partial charge in [-0.15, -0.1) is 0 Å². The lowest BCUT2D eigenvalue weighted by atomic mass is 10.2. The van der Waals surface area contributed by atoms with Gasteiger partial charge in [0.2, 0.25) is 17.8 Å². The van der Waals surface area contributed by atoms with Crippen molar-refractivity contribution in [2.24, 2.45) is 0 Å². The van der Waals surface area contributed by atoms with Gasteiger partial charge in [0.1, 0.15) is 0 Å². The molecule has 0 saturated carbocycles. The first kappa shape index (κ1) is 14.8. The van der Waals surface area contributed by atoms with Crippen LogP contribution >= 0.6 is 11.8 Å². The molecule has 1 saturated heterocycles. The Morgan fingerprint density at radius 3 is 2.35 bits per heavy atom. The van der Waals surface area contributed by atoms with Crippen LogP contribution in [0.25, 0.3) is 0 Å². The topological polar surface area (TPSA) is 120 Å². The van der Waals surface area contributed by atoms with Crippen molar-refractivity contribution < 1.29 is 9.53 Å². The molecule has 0 radical (unpaired) electrons. The smallest absolute Gasteiger partial charge is 0.233 e. The molecule has 1 aromatic heterocycles. The van der Waals surface area contributed by atoms with E-state index in [0.29, 0.717) is 18.2 Å². The molecule has 110 valence electrons. The average molecular weight is 298 g/mol. The van der Waals surface area contributed by atoms with E-state index in [0.717, 1.165) is 0 Å². The second kappa shape index (κ2) is 6.23. The molecule has 0 spiro atoms. The first-order valence-electron chi connectivity index (χ1n) is 6.27. The summed E-state index contributed by atoms with van der Waals surface area (Å²) in [5.41, 5.74) is 11.0. The average Bonchev–Trinajstić information content (AvgIpc) is 2.33. The van der Waals surface area contributed by atoms with Gasteiger partial charge in [-0.3, -0.25) is 4.79 Å². The van der Waals surface area contributed by atoms with Crippen LogP contribution in [0.2, 0.25) is 0 Å². The predicted octanol–water partition coefficient (Wildman–Crippen LogP) is -0.236. The van der Waals surface area contributed by atoms with Crippen LogP contribution in [0.1, 0.15) is 13.8 Å². The van der Waals surface area contributed by atoms with Gasteiger partial charge in [-0.2, -0.15) is 15.0 Å². The molecule has 0 unspecified atom stereocenters. The Bertz CT molecular complexity index is 470. The molecule has 8 nitrogen and oxygen atoms in total. The number of thioether (sulfide) groups is 1. The van der Waals surface area contributed by atoms with E-state index in [1.54, 1.807) is 4.90 Å². The Hall–Kier alpha value is -1.61. The number of morpholine rings is 1. The number of nitrogens with two attached hydrogens (primary N) is 2. The third-order valence-electron chi connectivity index (χ3n) is 2.75. The van der Waals surface area contributed by atoms with Gasteiger partial charge in [0.05, 0.1) is 18.0 Å². The molecule has 9 heteroatoms. The summed E-state index contributed by atoms with van der Waals surface area (Å²) in [6.45, 7) is 5.11. The van der Waals surface area contributed by atoms with E-state index in [1.165, 1.54) is 11.8 Å². The minimum absolute atomic E-state index is 0.0227. The normalized spacial score (nSPS) is 22.8. The highest BCUT2D eigenvalue weighted by Crippen LogP contribution is 2.17. The fraction of sp³-hybridized carbons (Fsp3) is 0.636. The molecule has 0 bridgehead atoms. The SMILES string of the molecule is C[C@H]1CN(C(=O)CSc2nc(N)nc(N)n2)C[C@H](C)O1. The van der Waals surface area contributed by atoms with Crippen LogP contribution in [-0.4, -0.2) is 56.8 Å². The minimum Gasteiger partial charge on any atom is -0.372 e. The van der Waals surface area contributed by atoms with E-state index in [4.69, 9.17) is 16.2 Å². The number of rotatable bonds is 3. The Balaban J connectivity index is 1.91. The summed E-state index contributed by atoms with van der Waals surface area (Å²) >= 11 is 1.20. The number of hydrogen-bond donors (Lipinski definition) is 2. The van der Waals surface area contributed by atoms with E-state index < -0.39 is 0 Å². The van der Waals surface area contributed by atoms with E-state index >= 15 is 0 Å². The van der Waals surface area contributed by atoms with Gasteiger partial charge in [0, 0.05) is 13.1 Å². The highest BCUT2D eigenvalue weighted by molar-refractivity contribution is 7.99. The van der Waals surface area contributed by atoms with Crippen LogP contribution < -0.4 is 11.5 Å². The molecule has 2 heterocycles. The van der Waals surface area contributed by atoms with Gasteiger partial charge >= 0.3 is 0 Å². The lowest BCUT2D eigenvalue weighted by Gasteiger charge is -2.35. The molecule has 2 atom stereocenters. The molecule has 1 amide bonds. The van der Waals surface area contributed by atoms with Crippen molar-refractivity contribution >= 4 is 29.6 Å². The van der Waals surface area contributed by atoms with Crippen LogP contribution in [0.4, 0.5) is 11.9 Å². The Labute approximate surface area is 121 Å². The van der Waals surface area contributed by atoms with Gasteiger partial charge in [0.15, 0.2) is 5.16 Å². The number of aromatic nitrogens is 3. The zero-order valence-corrected chi connectivity index (χ0v) is 12.3. The van der Waals surface area contributed by atoms with Crippen LogP contribution in [0.5, 0.6) is 0 Å². The Morgan fingerprint density at radius 1 is 1.25 bits per heavy atom. The third kappa shape index (κ3) is 3.94. The van der Waals surface area contributed by atoms with E-state index in [-0.39, 0.29) is 35.8 Å². The van der Waals surface area contributed by atoms with Crippen molar-refractivity contribution in [3.05, 3.63) is 0 Å². The summed E-state index contributed by atoms with van der Waals surface area (Å²) in [6.07, 6.45) is 0.104. The van der Waals surface area contributed by atoms with Gasteiger partial charge < -0.3 is 21.1 Å². The highest BCUT2D eigenvalue weighted by Gasteiger charge is 2.25. The zero-order valence-electron chi connectivity index (χ0n) is 11.4. The Morgan fingerprint density at radius 2 is 1.80 bits per heavy atom. The molecule has 4 N–H and O–H groups in total. The minimum atomic E-state index is 0.0227. The number of nitrogen functional groups attached to an aromatic ring is 2. The van der Waals surface area contributed by atoms with Crippen LogP contribution in [0, 0.1) is 0 Å². The van der Waals surface area contributed by atoms with Gasteiger partial charge in [-0.25, -0.2) is 0 Å². The van der Waals surface area contributed by atoms with Crippen molar-refractivity contribution in [3.8, 4) is 0 Å². The van der Waals surface area contributed by atoms with Gasteiger partial charge in [-0.1, -0.05) is 11.8 Å². The maximum absolute atomic E-state index is 12.1. The fourth-order valence-electron chi connectivity index (χ4n) is 2.05. The molecule has 1 aliphatic rings. The maximum atomic E-state index is 12.1. The van der Waals surface area contributed by atoms with Crippen molar-refractivity contribution in [1.82, 2.24) is 19.9 Å². The molecule has 1 fully saturated rings. The Kier molecular flexibility index (Phi) is 4.61. The lowest BCUT2D eigenvalue weighted by molar-refractivity contribution is -0.140. The van der Waals surface area contributed by atoms with Gasteiger partial charge in [-0.05, 0) is 13.8 Å². The van der Waals surface area contributed by atoms with E-state index in [1.807, 2.05) is 13.8 Å². The molecule has 0 aliphatic carbocycles. The van der Waals surface area contributed by atoms with Crippen molar-refractivity contribution in [3.63, 3.8) is 0 Å². The fourth-order valence-corrected chi connectivity index (χ4v) is 2.80. The second-order valence-electron chi connectivity index (χ2n) is 4.68. The largest absolute Gasteiger partial charge is 0.372 e. The van der Waals surface area contributed by atoms with E-state index in [2.05, 4.69) is 15.0 Å². The third-order valence-corrected chi connectivity index (χ3v) is 3.58. The molecular weight excluding hydrogens is 280 g/mol. The highest BCUT2D eigenvalue weighted by atomic mass is 32.2. The maximum Gasteiger partial charge on any atom is 0.233 e. The van der Waals surface area contributed by atoms with Crippen LogP contribution in [0.15, 0.2) is 5.16 Å². The van der Waals surface area contributed by atoms with Crippen molar-refractivity contribution in [1.29, 1.82) is 0 Å². The number of amides is 1. The first-order valence-corrected chi connectivity index (χ1v) is 7.25. The van der Waals surface area contributed by atoms with Crippen molar-refractivity contribution in [2.45, 2.75) is 31.2 Å². The molecule has 20 heavy (non-hydrogen) atoms. The second-order valence-corrected chi connectivity index (χ2v) is 5.62. The van der Waals surface area contributed by atoms with Crippen LogP contribution in [0.3, 0.4) is 0 Å². The first-order chi connectivity index (χ1) is 9.44. The number of anilines is 2. The van der Waals surface area contributed by atoms with Gasteiger partial charge in [0.25, 0.3) is 0 Å². The molecule has 1 aliphatic heterocycles. The predicted molar refractivity (Wildman–Crippen MR) is 76.0 cm³/mol. The van der Waals surface area contributed by atoms with Crippen LogP contribution in [-0.2, 0) is 9.53 Å². The summed E-state index contributed by atoms with van der Waals surface area (Å²) in [6, 6.07) is 0. The molecule has 1 aromatic rings. The zero-order chi connectivity index (χ0) is 14.7. The summed E-state index contributed by atoms with van der Waals surface area (Å²) in [5.74, 6) is 0.374. The quantitative estimate of drug-likeness (QED) is 0.734.